The molecule has 3 N–H and O–H groups in total. The van der Waals surface area contributed by atoms with Gasteiger partial charge in [0.2, 0.25) is 0 Å². The van der Waals surface area contributed by atoms with Gasteiger partial charge in [0.1, 0.15) is 11.2 Å². The van der Waals surface area contributed by atoms with Crippen molar-refractivity contribution in [3.8, 4) is 0 Å². The number of carbonyl (C=O) groups excluding carboxylic acids is 2. The van der Waals surface area contributed by atoms with E-state index >= 15 is 0 Å². The van der Waals surface area contributed by atoms with Crippen LogP contribution in [0.3, 0.4) is 0 Å². The summed E-state index contributed by atoms with van der Waals surface area (Å²) in [5.74, 6) is -0.461. The number of amides is 2. The van der Waals surface area contributed by atoms with Gasteiger partial charge in [-0.3, -0.25) is 0 Å². The van der Waals surface area contributed by atoms with Gasteiger partial charge in [0.05, 0.1) is 16.8 Å². The monoisotopic (exact) mass is 549 g/mol. The molecule has 0 aliphatic rings. The van der Waals surface area contributed by atoms with Gasteiger partial charge in [0.25, 0.3) is 0 Å². The molecule has 1 atom stereocenters. The maximum absolute atomic E-state index is 13.6. The Morgan fingerprint density at radius 3 is 2.40 bits per heavy atom. The van der Waals surface area contributed by atoms with Gasteiger partial charge in [-0.25, -0.2) is 14.6 Å². The SMILES string of the molecule is CC(C)(C)OC(=O)C(c1ccnc2[nH]ccc12)n1ccc2c(NC(=O)Nc3ccc(C(F)(F)F)cc3)cccc21. The average molecular weight is 550 g/mol. The molecule has 0 spiro atoms. The molecule has 0 fully saturated rings. The van der Waals surface area contributed by atoms with Gasteiger partial charge < -0.3 is 24.9 Å². The number of aromatic nitrogens is 3. The smallest absolute Gasteiger partial charge is 0.416 e. The number of halogens is 3. The molecule has 40 heavy (non-hydrogen) atoms. The van der Waals surface area contributed by atoms with E-state index in [-0.39, 0.29) is 5.69 Å². The Kier molecular flexibility index (Phi) is 6.74. The van der Waals surface area contributed by atoms with Gasteiger partial charge in [0, 0.05) is 35.1 Å². The molecule has 5 aromatic rings. The highest BCUT2D eigenvalue weighted by atomic mass is 19.4. The molecule has 0 aliphatic carbocycles. The van der Waals surface area contributed by atoms with Crippen molar-refractivity contribution in [2.45, 2.75) is 38.6 Å². The molecular formula is C29H26F3N5O3. The van der Waals surface area contributed by atoms with Gasteiger partial charge in [0.15, 0.2) is 6.04 Å². The second-order valence-electron chi connectivity index (χ2n) is 10.2. The number of ether oxygens (including phenoxy) is 1. The molecule has 3 heterocycles. The van der Waals surface area contributed by atoms with Crippen LogP contribution in [0.1, 0.15) is 37.9 Å². The number of benzene rings is 2. The first-order valence-corrected chi connectivity index (χ1v) is 12.4. The first-order valence-electron chi connectivity index (χ1n) is 12.4. The molecule has 2 amide bonds. The number of hydrogen-bond acceptors (Lipinski definition) is 4. The zero-order valence-corrected chi connectivity index (χ0v) is 21.8. The van der Waals surface area contributed by atoms with Gasteiger partial charge in [-0.05, 0) is 80.9 Å². The van der Waals surface area contributed by atoms with Gasteiger partial charge in [-0.15, -0.1) is 0 Å². The Balaban J connectivity index is 1.48. The van der Waals surface area contributed by atoms with Crippen molar-refractivity contribution in [1.29, 1.82) is 0 Å². The van der Waals surface area contributed by atoms with Crippen LogP contribution in [-0.4, -0.2) is 32.1 Å². The summed E-state index contributed by atoms with van der Waals surface area (Å²) < 4.78 is 46.1. The number of pyridine rings is 1. The van der Waals surface area contributed by atoms with Crippen molar-refractivity contribution in [2.24, 2.45) is 0 Å². The molecule has 0 radical (unpaired) electrons. The van der Waals surface area contributed by atoms with E-state index in [1.807, 2.05) is 12.1 Å². The Morgan fingerprint density at radius 1 is 0.950 bits per heavy atom. The fraction of sp³-hybridized carbons (Fsp3) is 0.207. The molecule has 11 heteroatoms. The molecule has 0 bridgehead atoms. The third-order valence-corrected chi connectivity index (χ3v) is 6.18. The molecule has 0 saturated heterocycles. The van der Waals surface area contributed by atoms with Crippen LogP contribution in [0.25, 0.3) is 21.9 Å². The first kappa shape index (κ1) is 26.8. The van der Waals surface area contributed by atoms with Crippen molar-refractivity contribution in [3.63, 3.8) is 0 Å². The summed E-state index contributed by atoms with van der Waals surface area (Å²) in [5.41, 5.74) is 1.09. The number of nitrogens with zero attached hydrogens (tertiary/aromatic N) is 2. The standard InChI is InChI=1S/C29H26F3N5O3/c1-28(2,3)40-26(38)24(19-11-14-33-25-20(19)12-15-34-25)37-16-13-21-22(5-4-6-23(21)37)36-27(39)35-18-9-7-17(8-10-18)29(30,31)32/h4-16,24H,1-3H3,(H,33,34)(H2,35,36,39). The van der Waals surface area contributed by atoms with Crippen LogP contribution in [0.2, 0.25) is 0 Å². The number of carbonyl (C=O) groups is 2. The highest BCUT2D eigenvalue weighted by Gasteiger charge is 2.31. The summed E-state index contributed by atoms with van der Waals surface area (Å²) in [6, 6.07) is 13.3. The van der Waals surface area contributed by atoms with E-state index in [4.69, 9.17) is 4.74 Å². The van der Waals surface area contributed by atoms with Crippen molar-refractivity contribution < 1.29 is 27.5 Å². The minimum Gasteiger partial charge on any atom is -0.458 e. The zero-order chi connectivity index (χ0) is 28.7. The maximum atomic E-state index is 13.6. The number of rotatable bonds is 5. The Labute approximate surface area is 227 Å². The summed E-state index contributed by atoms with van der Waals surface area (Å²) in [4.78, 5) is 33.7. The van der Waals surface area contributed by atoms with Gasteiger partial charge >= 0.3 is 18.2 Å². The Hall–Kier alpha value is -4.80. The number of H-pyrrole nitrogens is 1. The number of anilines is 2. The predicted octanol–water partition coefficient (Wildman–Crippen LogP) is 7.11. The normalized spacial score (nSPS) is 12.8. The molecule has 1 unspecified atom stereocenters. The second-order valence-corrected chi connectivity index (χ2v) is 10.2. The Morgan fingerprint density at radius 2 is 1.70 bits per heavy atom. The van der Waals surface area contributed by atoms with Gasteiger partial charge in [-0.1, -0.05) is 6.07 Å². The lowest BCUT2D eigenvalue weighted by Crippen LogP contribution is -2.31. The van der Waals surface area contributed by atoms with Crippen LogP contribution < -0.4 is 10.6 Å². The van der Waals surface area contributed by atoms with Crippen molar-refractivity contribution in [3.05, 3.63) is 90.4 Å². The Bertz CT molecular complexity index is 1700. The minimum atomic E-state index is -4.47. The van der Waals surface area contributed by atoms with E-state index in [0.717, 1.165) is 17.5 Å². The largest absolute Gasteiger partial charge is 0.458 e. The van der Waals surface area contributed by atoms with Crippen LogP contribution in [0.15, 0.2) is 79.3 Å². The molecule has 2 aromatic carbocycles. The topological polar surface area (TPSA) is 101 Å². The minimum absolute atomic E-state index is 0.202. The maximum Gasteiger partial charge on any atom is 0.416 e. The summed E-state index contributed by atoms with van der Waals surface area (Å²) >= 11 is 0. The molecule has 5 rings (SSSR count). The number of esters is 1. The number of fused-ring (bicyclic) bond motifs is 2. The molecule has 0 saturated carbocycles. The molecule has 3 aromatic heterocycles. The van der Waals surface area contributed by atoms with E-state index < -0.39 is 35.4 Å². The van der Waals surface area contributed by atoms with Crippen LogP contribution in [0.4, 0.5) is 29.3 Å². The highest BCUT2D eigenvalue weighted by molar-refractivity contribution is 6.06. The molecule has 0 aliphatic heterocycles. The summed E-state index contributed by atoms with van der Waals surface area (Å²) in [6.45, 7) is 5.39. The number of aromatic amines is 1. The fourth-order valence-electron chi connectivity index (χ4n) is 4.52. The average Bonchev–Trinajstić information content (AvgIpc) is 3.51. The highest BCUT2D eigenvalue weighted by Crippen LogP contribution is 2.34. The first-order chi connectivity index (χ1) is 18.9. The third-order valence-electron chi connectivity index (χ3n) is 6.18. The van der Waals surface area contributed by atoms with E-state index in [1.54, 1.807) is 68.2 Å². The number of urea groups is 1. The summed E-state index contributed by atoms with van der Waals surface area (Å²) in [7, 11) is 0. The predicted molar refractivity (Wildman–Crippen MR) is 146 cm³/mol. The number of alkyl halides is 3. The molecule has 8 nitrogen and oxygen atoms in total. The van der Waals surface area contributed by atoms with Crippen LogP contribution in [0, 0.1) is 0 Å². The van der Waals surface area contributed by atoms with Crippen molar-refractivity contribution in [1.82, 2.24) is 14.5 Å². The quantitative estimate of drug-likeness (QED) is 0.203. The van der Waals surface area contributed by atoms with Crippen LogP contribution >= 0.6 is 0 Å². The van der Waals surface area contributed by atoms with E-state index in [0.29, 0.717) is 27.8 Å². The van der Waals surface area contributed by atoms with E-state index in [2.05, 4.69) is 20.6 Å². The van der Waals surface area contributed by atoms with Crippen molar-refractivity contribution in [2.75, 3.05) is 10.6 Å². The van der Waals surface area contributed by atoms with Crippen molar-refractivity contribution >= 4 is 45.3 Å². The van der Waals surface area contributed by atoms with E-state index in [9.17, 15) is 22.8 Å². The second kappa shape index (κ2) is 10.1. The van der Waals surface area contributed by atoms with E-state index in [1.165, 1.54) is 12.1 Å². The van der Waals surface area contributed by atoms with Crippen LogP contribution in [-0.2, 0) is 15.7 Å². The number of hydrogen-bond donors (Lipinski definition) is 3. The fourth-order valence-corrected chi connectivity index (χ4v) is 4.52. The zero-order valence-electron chi connectivity index (χ0n) is 21.8. The molecular weight excluding hydrogens is 523 g/mol. The third kappa shape index (κ3) is 5.49. The number of nitrogens with one attached hydrogen (secondary N) is 3. The molecule has 206 valence electrons. The lowest BCUT2D eigenvalue weighted by molar-refractivity contribution is -0.157. The van der Waals surface area contributed by atoms with Crippen LogP contribution in [0.5, 0.6) is 0 Å². The summed E-state index contributed by atoms with van der Waals surface area (Å²) in [5, 5.41) is 6.71. The summed E-state index contributed by atoms with van der Waals surface area (Å²) in [6.07, 6.45) is 0.648. The lowest BCUT2D eigenvalue weighted by atomic mass is 10.0. The van der Waals surface area contributed by atoms with Gasteiger partial charge in [-0.2, -0.15) is 13.2 Å². The lowest BCUT2D eigenvalue weighted by Gasteiger charge is -2.26.